The first kappa shape index (κ1) is 25.0. The molecular formula is C27H22ClF3N2O4. The van der Waals surface area contributed by atoms with Crippen LogP contribution >= 0.6 is 11.6 Å². The van der Waals surface area contributed by atoms with Crippen LogP contribution in [0.25, 0.3) is 0 Å². The smallest absolute Gasteiger partial charge is 0.416 e. The first-order chi connectivity index (χ1) is 17.7. The summed E-state index contributed by atoms with van der Waals surface area (Å²) in [6.07, 6.45) is -4.52. The number of nitrogens with one attached hydrogen (secondary N) is 1. The summed E-state index contributed by atoms with van der Waals surface area (Å²) >= 11 is 5.93. The maximum atomic E-state index is 13.4. The van der Waals surface area contributed by atoms with Crippen LogP contribution in [0, 0.1) is 5.92 Å². The Balaban J connectivity index is 1.38. The lowest BCUT2D eigenvalue weighted by Crippen LogP contribution is -2.35. The Morgan fingerprint density at radius 1 is 0.973 bits per heavy atom. The quantitative estimate of drug-likeness (QED) is 0.489. The van der Waals surface area contributed by atoms with Gasteiger partial charge in [-0.05, 0) is 53.6 Å². The van der Waals surface area contributed by atoms with Crippen LogP contribution < -0.4 is 14.8 Å². The van der Waals surface area contributed by atoms with Crippen LogP contribution in [0.15, 0.2) is 66.7 Å². The van der Waals surface area contributed by atoms with E-state index in [2.05, 4.69) is 5.32 Å². The second-order valence-electron chi connectivity index (χ2n) is 8.96. The van der Waals surface area contributed by atoms with Crippen LogP contribution in [-0.2, 0) is 17.5 Å². The number of fused-ring (bicyclic) bond motifs is 1. The standard InChI is InChI=1S/C27H22ClF3N2O4/c28-20-7-5-17(6-8-20)26(35)33-13-21(18-2-1-3-19(11-18)27(29,30)31)22(14-33)25(34)32-12-16-4-9-23-24(10-16)37-15-36-23/h1-11,21-22H,12-15H2,(H,32,34)/t21-,22+/m1/s1. The highest BCUT2D eigenvalue weighted by molar-refractivity contribution is 6.30. The van der Waals surface area contributed by atoms with Gasteiger partial charge in [0.1, 0.15) is 0 Å². The van der Waals surface area contributed by atoms with Crippen molar-refractivity contribution in [1.29, 1.82) is 0 Å². The Morgan fingerprint density at radius 2 is 1.73 bits per heavy atom. The highest BCUT2D eigenvalue weighted by Gasteiger charge is 2.41. The van der Waals surface area contributed by atoms with Gasteiger partial charge in [-0.2, -0.15) is 13.2 Å². The lowest BCUT2D eigenvalue weighted by atomic mass is 9.87. The molecule has 0 aliphatic carbocycles. The van der Waals surface area contributed by atoms with Crippen molar-refractivity contribution < 1.29 is 32.2 Å². The SMILES string of the molecule is O=C(NCc1ccc2c(c1)OCO2)[C@H]1CN(C(=O)c2ccc(Cl)cc2)C[C@@H]1c1cccc(C(F)(F)F)c1. The summed E-state index contributed by atoms with van der Waals surface area (Å²) in [7, 11) is 0. The van der Waals surface area contributed by atoms with E-state index in [1.54, 1.807) is 48.5 Å². The molecule has 5 rings (SSSR count). The number of amides is 2. The van der Waals surface area contributed by atoms with Crippen molar-refractivity contribution in [3.8, 4) is 11.5 Å². The Bertz CT molecular complexity index is 1330. The third kappa shape index (κ3) is 5.36. The molecule has 3 aromatic carbocycles. The molecule has 1 N–H and O–H groups in total. The number of carbonyl (C=O) groups is 2. The van der Waals surface area contributed by atoms with E-state index in [1.807, 2.05) is 0 Å². The second kappa shape index (κ2) is 9.97. The van der Waals surface area contributed by atoms with Crippen LogP contribution in [0.3, 0.4) is 0 Å². The summed E-state index contributed by atoms with van der Waals surface area (Å²) in [5.74, 6) is -0.837. The number of likely N-dealkylation sites (tertiary alicyclic amines) is 1. The molecule has 0 spiro atoms. The molecule has 10 heteroatoms. The molecule has 6 nitrogen and oxygen atoms in total. The van der Waals surface area contributed by atoms with Gasteiger partial charge >= 0.3 is 6.18 Å². The molecule has 0 saturated carbocycles. The van der Waals surface area contributed by atoms with Crippen LogP contribution in [-0.4, -0.2) is 36.6 Å². The lowest BCUT2D eigenvalue weighted by molar-refractivity contribution is -0.137. The minimum absolute atomic E-state index is 0.0648. The minimum atomic E-state index is -4.52. The Morgan fingerprint density at radius 3 is 2.49 bits per heavy atom. The van der Waals surface area contributed by atoms with E-state index < -0.39 is 23.6 Å². The van der Waals surface area contributed by atoms with Gasteiger partial charge in [0.2, 0.25) is 12.7 Å². The first-order valence-corrected chi connectivity index (χ1v) is 11.9. The predicted molar refractivity (Wildman–Crippen MR) is 129 cm³/mol. The molecule has 3 aromatic rings. The number of alkyl halides is 3. The highest BCUT2D eigenvalue weighted by Crippen LogP contribution is 2.37. The van der Waals surface area contributed by atoms with E-state index >= 15 is 0 Å². The summed E-state index contributed by atoms with van der Waals surface area (Å²) in [4.78, 5) is 28.0. The normalized spacial score (nSPS) is 18.6. The topological polar surface area (TPSA) is 67.9 Å². The molecule has 0 unspecified atom stereocenters. The summed E-state index contributed by atoms with van der Waals surface area (Å²) in [6.45, 7) is 0.482. The maximum absolute atomic E-state index is 13.4. The third-order valence-corrected chi connectivity index (χ3v) is 6.83. The predicted octanol–water partition coefficient (Wildman–Crippen LogP) is 5.26. The highest BCUT2D eigenvalue weighted by atomic mass is 35.5. The van der Waals surface area contributed by atoms with Gasteiger partial charge in [-0.1, -0.05) is 35.9 Å². The monoisotopic (exact) mass is 530 g/mol. The van der Waals surface area contributed by atoms with Crippen molar-refractivity contribution in [3.63, 3.8) is 0 Å². The minimum Gasteiger partial charge on any atom is -0.454 e. The molecule has 1 fully saturated rings. The zero-order valence-electron chi connectivity index (χ0n) is 19.4. The molecule has 2 atom stereocenters. The maximum Gasteiger partial charge on any atom is 0.416 e. The van der Waals surface area contributed by atoms with Crippen molar-refractivity contribution in [2.75, 3.05) is 19.9 Å². The van der Waals surface area contributed by atoms with Gasteiger partial charge in [0.25, 0.3) is 5.91 Å². The fraction of sp³-hybridized carbons (Fsp3) is 0.259. The first-order valence-electron chi connectivity index (χ1n) is 11.6. The van der Waals surface area contributed by atoms with E-state index in [1.165, 1.54) is 11.0 Å². The average Bonchev–Trinajstić information content (AvgIpc) is 3.54. The van der Waals surface area contributed by atoms with Crippen molar-refractivity contribution in [2.45, 2.75) is 18.6 Å². The fourth-order valence-corrected chi connectivity index (χ4v) is 4.79. The zero-order chi connectivity index (χ0) is 26.2. The van der Waals surface area contributed by atoms with Gasteiger partial charge in [0.05, 0.1) is 11.5 Å². The number of hydrogen-bond donors (Lipinski definition) is 1. The van der Waals surface area contributed by atoms with Crippen molar-refractivity contribution in [3.05, 3.63) is 94.0 Å². The Kier molecular flexibility index (Phi) is 6.72. The van der Waals surface area contributed by atoms with Crippen LogP contribution in [0.1, 0.15) is 33.0 Å². The van der Waals surface area contributed by atoms with Gasteiger partial charge in [-0.3, -0.25) is 9.59 Å². The third-order valence-electron chi connectivity index (χ3n) is 6.58. The summed E-state index contributed by atoms with van der Waals surface area (Å²) in [5.41, 5.74) is 0.713. The fourth-order valence-electron chi connectivity index (χ4n) is 4.66. The van der Waals surface area contributed by atoms with Gasteiger partial charge in [-0.25, -0.2) is 0 Å². The lowest BCUT2D eigenvalue weighted by Gasteiger charge is -2.19. The number of ether oxygens (including phenoxy) is 2. The van der Waals surface area contributed by atoms with Crippen LogP contribution in [0.2, 0.25) is 5.02 Å². The van der Waals surface area contributed by atoms with Gasteiger partial charge in [0.15, 0.2) is 11.5 Å². The summed E-state index contributed by atoms with van der Waals surface area (Å²) in [5, 5.41) is 3.34. The van der Waals surface area contributed by atoms with Crippen molar-refractivity contribution in [2.24, 2.45) is 5.92 Å². The number of halogens is 4. The van der Waals surface area contributed by atoms with Gasteiger partial charge < -0.3 is 19.7 Å². The van der Waals surface area contributed by atoms with Crippen molar-refractivity contribution in [1.82, 2.24) is 10.2 Å². The average molecular weight is 531 g/mol. The van der Waals surface area contributed by atoms with E-state index in [0.717, 1.165) is 17.7 Å². The molecule has 2 aliphatic heterocycles. The van der Waals surface area contributed by atoms with Crippen LogP contribution in [0.4, 0.5) is 13.2 Å². The van der Waals surface area contributed by atoms with E-state index in [-0.39, 0.29) is 38.2 Å². The number of rotatable bonds is 5. The number of nitrogens with zero attached hydrogens (tertiary/aromatic N) is 1. The molecule has 2 aliphatic rings. The number of carbonyl (C=O) groups excluding carboxylic acids is 2. The molecule has 0 bridgehead atoms. The van der Waals surface area contributed by atoms with E-state index in [4.69, 9.17) is 21.1 Å². The summed E-state index contributed by atoms with van der Waals surface area (Å²) < 4.78 is 50.9. The zero-order valence-corrected chi connectivity index (χ0v) is 20.2. The molecule has 1 saturated heterocycles. The second-order valence-corrected chi connectivity index (χ2v) is 9.40. The molecule has 192 valence electrons. The van der Waals surface area contributed by atoms with E-state index in [0.29, 0.717) is 27.6 Å². The number of hydrogen-bond acceptors (Lipinski definition) is 4. The van der Waals surface area contributed by atoms with Crippen molar-refractivity contribution >= 4 is 23.4 Å². The molecule has 0 aromatic heterocycles. The molecule has 37 heavy (non-hydrogen) atoms. The molecule has 0 radical (unpaired) electrons. The molecule has 2 amide bonds. The van der Waals surface area contributed by atoms with Gasteiger partial charge in [-0.15, -0.1) is 0 Å². The van der Waals surface area contributed by atoms with Crippen LogP contribution in [0.5, 0.6) is 11.5 Å². The van der Waals surface area contributed by atoms with Gasteiger partial charge in [0, 0.05) is 36.1 Å². The number of benzene rings is 3. The Hall–Kier alpha value is -3.72. The Labute approximate surface area is 215 Å². The molecule has 2 heterocycles. The summed E-state index contributed by atoms with van der Waals surface area (Å²) in [6, 6.07) is 16.6. The molecular weight excluding hydrogens is 509 g/mol. The largest absolute Gasteiger partial charge is 0.454 e. The van der Waals surface area contributed by atoms with E-state index in [9.17, 15) is 22.8 Å².